The first-order valence-corrected chi connectivity index (χ1v) is 11.5. The van der Waals surface area contributed by atoms with Crippen molar-refractivity contribution in [3.63, 3.8) is 0 Å². The number of likely N-dealkylation sites (N-methyl/N-ethyl adjacent to an activating group) is 1. The molecule has 6 nitrogen and oxygen atoms in total. The van der Waals surface area contributed by atoms with Crippen LogP contribution in [0.25, 0.3) is 0 Å². The summed E-state index contributed by atoms with van der Waals surface area (Å²) in [6.45, 7) is 2.83. The first-order valence-electron chi connectivity index (χ1n) is 9.68. The number of sulfonamides is 1. The standard InChI is InChI=1S/C21H26ClN3O3S/c1-24-12-14-25(15-13-24)29(27,28)20-6-2-5-18(16-20)21(26)23-11-3-4-17-7-9-19(22)10-8-17/h2,5-10,16H,3-4,11-15H2,1H3,(H,23,26). The monoisotopic (exact) mass is 435 g/mol. The molecule has 1 N–H and O–H groups in total. The summed E-state index contributed by atoms with van der Waals surface area (Å²) in [5.41, 5.74) is 1.51. The number of carbonyl (C=O) groups excluding carboxylic acids is 1. The van der Waals surface area contributed by atoms with Crippen molar-refractivity contribution in [1.29, 1.82) is 0 Å². The zero-order valence-electron chi connectivity index (χ0n) is 16.5. The average Bonchev–Trinajstić information content (AvgIpc) is 2.73. The van der Waals surface area contributed by atoms with E-state index in [4.69, 9.17) is 11.6 Å². The molecule has 0 saturated carbocycles. The largest absolute Gasteiger partial charge is 0.352 e. The van der Waals surface area contributed by atoms with Gasteiger partial charge in [-0.25, -0.2) is 8.42 Å². The van der Waals surface area contributed by atoms with Crippen LogP contribution in [0, 0.1) is 0 Å². The third-order valence-electron chi connectivity index (χ3n) is 5.04. The van der Waals surface area contributed by atoms with Crippen LogP contribution in [0.5, 0.6) is 0 Å². The molecule has 0 aliphatic carbocycles. The Morgan fingerprint density at radius 1 is 1.07 bits per heavy atom. The Bertz CT molecular complexity index is 940. The Morgan fingerprint density at radius 2 is 1.76 bits per heavy atom. The van der Waals surface area contributed by atoms with E-state index < -0.39 is 10.0 Å². The summed E-state index contributed by atoms with van der Waals surface area (Å²) in [5, 5.41) is 3.57. The smallest absolute Gasteiger partial charge is 0.251 e. The molecule has 29 heavy (non-hydrogen) atoms. The maximum absolute atomic E-state index is 12.9. The zero-order valence-corrected chi connectivity index (χ0v) is 18.0. The molecule has 1 fully saturated rings. The lowest BCUT2D eigenvalue weighted by atomic mass is 10.1. The topological polar surface area (TPSA) is 69.7 Å². The fraction of sp³-hybridized carbons (Fsp3) is 0.381. The summed E-state index contributed by atoms with van der Waals surface area (Å²) in [4.78, 5) is 14.7. The average molecular weight is 436 g/mol. The minimum absolute atomic E-state index is 0.163. The first-order chi connectivity index (χ1) is 13.9. The van der Waals surface area contributed by atoms with Crippen LogP contribution in [0.2, 0.25) is 5.02 Å². The number of piperazine rings is 1. The number of benzene rings is 2. The molecule has 0 bridgehead atoms. The summed E-state index contributed by atoms with van der Waals surface area (Å²) >= 11 is 5.88. The van der Waals surface area contributed by atoms with Crippen LogP contribution < -0.4 is 5.32 Å². The number of nitrogens with one attached hydrogen (secondary N) is 1. The van der Waals surface area contributed by atoms with Crippen LogP contribution in [-0.2, 0) is 16.4 Å². The Morgan fingerprint density at radius 3 is 2.45 bits per heavy atom. The van der Waals surface area contributed by atoms with Gasteiger partial charge in [-0.3, -0.25) is 4.79 Å². The lowest BCUT2D eigenvalue weighted by Gasteiger charge is -2.31. The van der Waals surface area contributed by atoms with Crippen LogP contribution in [0.15, 0.2) is 53.4 Å². The number of hydrogen-bond acceptors (Lipinski definition) is 4. The van der Waals surface area contributed by atoms with Crippen LogP contribution in [0.3, 0.4) is 0 Å². The molecular formula is C21H26ClN3O3S. The van der Waals surface area contributed by atoms with Gasteiger partial charge >= 0.3 is 0 Å². The van der Waals surface area contributed by atoms with E-state index in [0.717, 1.165) is 18.4 Å². The molecule has 0 spiro atoms. The highest BCUT2D eigenvalue weighted by atomic mass is 35.5. The Kier molecular flexibility index (Phi) is 7.29. The van der Waals surface area contributed by atoms with E-state index in [1.54, 1.807) is 18.2 Å². The maximum atomic E-state index is 12.9. The Balaban J connectivity index is 1.56. The summed E-state index contributed by atoms with van der Waals surface area (Å²) in [7, 11) is -1.62. The second-order valence-electron chi connectivity index (χ2n) is 7.22. The summed E-state index contributed by atoms with van der Waals surface area (Å²) in [6.07, 6.45) is 1.61. The molecule has 0 aromatic heterocycles. The van der Waals surface area contributed by atoms with E-state index in [1.165, 1.54) is 10.4 Å². The van der Waals surface area contributed by atoms with Gasteiger partial charge in [0.05, 0.1) is 4.90 Å². The van der Waals surface area contributed by atoms with Crippen molar-refractivity contribution in [3.8, 4) is 0 Å². The fourth-order valence-corrected chi connectivity index (χ4v) is 4.82. The van der Waals surface area contributed by atoms with Gasteiger partial charge in [-0.1, -0.05) is 29.8 Å². The summed E-state index contributed by atoms with van der Waals surface area (Å²) < 4.78 is 27.2. The lowest BCUT2D eigenvalue weighted by molar-refractivity contribution is 0.0953. The number of halogens is 1. The van der Waals surface area contributed by atoms with Crippen LogP contribution in [0.4, 0.5) is 0 Å². The molecule has 1 saturated heterocycles. The molecule has 0 unspecified atom stereocenters. The predicted octanol–water partition coefficient (Wildman–Crippen LogP) is 2.64. The second kappa shape index (κ2) is 9.71. The third kappa shape index (κ3) is 5.79. The van der Waals surface area contributed by atoms with Crippen molar-refractivity contribution in [2.45, 2.75) is 17.7 Å². The number of carbonyl (C=O) groups is 1. The van der Waals surface area contributed by atoms with Gasteiger partial charge in [-0.05, 0) is 55.8 Å². The maximum Gasteiger partial charge on any atom is 0.251 e. The predicted molar refractivity (Wildman–Crippen MR) is 115 cm³/mol. The lowest BCUT2D eigenvalue weighted by Crippen LogP contribution is -2.47. The molecule has 156 valence electrons. The fourth-order valence-electron chi connectivity index (χ4n) is 3.22. The van der Waals surface area contributed by atoms with Gasteiger partial charge in [0, 0.05) is 43.3 Å². The molecule has 8 heteroatoms. The first kappa shape index (κ1) is 21.8. The van der Waals surface area contributed by atoms with Crippen molar-refractivity contribution in [3.05, 3.63) is 64.7 Å². The second-order valence-corrected chi connectivity index (χ2v) is 9.60. The van der Waals surface area contributed by atoms with Gasteiger partial charge in [-0.15, -0.1) is 0 Å². The highest BCUT2D eigenvalue weighted by Crippen LogP contribution is 2.19. The highest BCUT2D eigenvalue weighted by Gasteiger charge is 2.27. The van der Waals surface area contributed by atoms with Crippen molar-refractivity contribution < 1.29 is 13.2 Å². The minimum Gasteiger partial charge on any atom is -0.352 e. The van der Waals surface area contributed by atoms with Crippen LogP contribution >= 0.6 is 11.6 Å². The van der Waals surface area contributed by atoms with Crippen molar-refractivity contribution in [2.75, 3.05) is 39.8 Å². The minimum atomic E-state index is -3.59. The molecular weight excluding hydrogens is 410 g/mol. The van der Waals surface area contributed by atoms with Crippen molar-refractivity contribution in [1.82, 2.24) is 14.5 Å². The normalized spacial score (nSPS) is 15.9. The van der Waals surface area contributed by atoms with Gasteiger partial charge in [0.2, 0.25) is 10.0 Å². The van der Waals surface area contributed by atoms with E-state index >= 15 is 0 Å². The summed E-state index contributed by atoms with van der Waals surface area (Å²) in [6, 6.07) is 13.9. The van der Waals surface area contributed by atoms with Gasteiger partial charge in [0.15, 0.2) is 0 Å². The summed E-state index contributed by atoms with van der Waals surface area (Å²) in [5.74, 6) is -0.267. The molecule has 2 aromatic rings. The number of nitrogens with zero attached hydrogens (tertiary/aromatic N) is 2. The number of aryl methyl sites for hydroxylation is 1. The molecule has 0 atom stereocenters. The van der Waals surface area contributed by atoms with Gasteiger partial charge in [-0.2, -0.15) is 4.31 Å². The third-order valence-corrected chi connectivity index (χ3v) is 7.18. The number of hydrogen-bond donors (Lipinski definition) is 1. The van der Waals surface area contributed by atoms with E-state index in [9.17, 15) is 13.2 Å². The molecule has 1 aliphatic heterocycles. The molecule has 1 aliphatic rings. The Hall–Kier alpha value is -1.93. The number of amides is 1. The molecule has 1 heterocycles. The van der Waals surface area contributed by atoms with E-state index in [2.05, 4.69) is 10.2 Å². The highest BCUT2D eigenvalue weighted by molar-refractivity contribution is 7.89. The zero-order chi connectivity index (χ0) is 20.9. The van der Waals surface area contributed by atoms with E-state index in [1.807, 2.05) is 31.3 Å². The van der Waals surface area contributed by atoms with Gasteiger partial charge < -0.3 is 10.2 Å². The van der Waals surface area contributed by atoms with E-state index in [0.29, 0.717) is 43.3 Å². The van der Waals surface area contributed by atoms with Crippen molar-refractivity contribution in [2.24, 2.45) is 0 Å². The Labute approximate surface area is 177 Å². The van der Waals surface area contributed by atoms with Crippen LogP contribution in [-0.4, -0.2) is 63.3 Å². The molecule has 0 radical (unpaired) electrons. The van der Waals surface area contributed by atoms with Gasteiger partial charge in [0.25, 0.3) is 5.91 Å². The molecule has 2 aromatic carbocycles. The van der Waals surface area contributed by atoms with Gasteiger partial charge in [0.1, 0.15) is 0 Å². The molecule has 3 rings (SSSR count). The van der Waals surface area contributed by atoms with Crippen LogP contribution in [0.1, 0.15) is 22.3 Å². The number of rotatable bonds is 7. The quantitative estimate of drug-likeness (QED) is 0.679. The van der Waals surface area contributed by atoms with E-state index in [-0.39, 0.29) is 10.8 Å². The molecule has 1 amide bonds. The SMILES string of the molecule is CN1CCN(S(=O)(=O)c2cccc(C(=O)NCCCc3ccc(Cl)cc3)c2)CC1. The van der Waals surface area contributed by atoms with Crippen molar-refractivity contribution >= 4 is 27.5 Å².